The van der Waals surface area contributed by atoms with Gasteiger partial charge in [0.05, 0.1) is 5.56 Å². The third kappa shape index (κ3) is 5.46. The Morgan fingerprint density at radius 1 is 1.00 bits per heavy atom. The topological polar surface area (TPSA) is 70.7 Å². The van der Waals surface area contributed by atoms with Crippen molar-refractivity contribution in [2.75, 3.05) is 0 Å². The van der Waals surface area contributed by atoms with Gasteiger partial charge < -0.3 is 10.3 Å². The van der Waals surface area contributed by atoms with Crippen molar-refractivity contribution in [3.05, 3.63) is 59.3 Å². The first kappa shape index (κ1) is 22.2. The fourth-order valence-electron chi connectivity index (χ4n) is 2.32. The highest BCUT2D eigenvalue weighted by molar-refractivity contribution is 5.93. The van der Waals surface area contributed by atoms with Crippen molar-refractivity contribution in [3.63, 3.8) is 0 Å². The second-order valence-electron chi connectivity index (χ2n) is 5.58. The normalized spacial score (nSPS) is 11.7. The summed E-state index contributed by atoms with van der Waals surface area (Å²) in [4.78, 5) is 20.4. The Balaban J connectivity index is 0.00000145. The number of aromatic nitrogens is 3. The number of hydrogen-bond acceptors (Lipinski definition) is 3. The second-order valence-corrected chi connectivity index (χ2v) is 5.58. The monoisotopic (exact) mass is 418 g/mol. The van der Waals surface area contributed by atoms with Gasteiger partial charge in [0, 0.05) is 29.8 Å². The highest BCUT2D eigenvalue weighted by atomic mass is 19.4. The van der Waals surface area contributed by atoms with Crippen LogP contribution in [0.5, 0.6) is 0 Å². The van der Waals surface area contributed by atoms with E-state index in [1.807, 2.05) is 13.8 Å². The molecule has 1 amide bonds. The van der Waals surface area contributed by atoms with E-state index >= 15 is 0 Å². The van der Waals surface area contributed by atoms with Gasteiger partial charge in [-0.25, -0.2) is 9.97 Å². The van der Waals surface area contributed by atoms with Gasteiger partial charge in [-0.2, -0.15) is 26.3 Å². The van der Waals surface area contributed by atoms with Crippen molar-refractivity contribution < 1.29 is 31.1 Å². The lowest BCUT2D eigenvalue weighted by Gasteiger charge is -2.07. The van der Waals surface area contributed by atoms with Gasteiger partial charge in [0.15, 0.2) is 0 Å². The number of benzene rings is 1. The van der Waals surface area contributed by atoms with Gasteiger partial charge in [0.25, 0.3) is 5.91 Å². The van der Waals surface area contributed by atoms with Crippen LogP contribution in [0.1, 0.15) is 41.3 Å². The summed E-state index contributed by atoms with van der Waals surface area (Å²) in [5.74, 6) is -2.08. The number of nitrogens with one attached hydrogen (secondary N) is 2. The number of rotatable bonds is 3. The van der Waals surface area contributed by atoms with Gasteiger partial charge in [0.2, 0.25) is 5.82 Å². The Bertz CT molecular complexity index is 977. The Morgan fingerprint density at radius 2 is 1.62 bits per heavy atom. The molecule has 2 aromatic heterocycles. The van der Waals surface area contributed by atoms with Crippen LogP contribution in [0, 0.1) is 0 Å². The molecule has 2 heterocycles. The SMILES string of the molecule is CC.O=C(NCc1ccc2[nH]c(C(F)(F)F)cc2c1)c1cnc(C(F)(F)F)nc1. The molecule has 0 saturated heterocycles. The van der Waals surface area contributed by atoms with Crippen LogP contribution in [0.25, 0.3) is 10.9 Å². The third-order valence-electron chi connectivity index (χ3n) is 3.61. The van der Waals surface area contributed by atoms with E-state index in [1.54, 1.807) is 0 Å². The molecule has 5 nitrogen and oxygen atoms in total. The van der Waals surface area contributed by atoms with E-state index in [1.165, 1.54) is 18.2 Å². The van der Waals surface area contributed by atoms with Crippen LogP contribution in [0.3, 0.4) is 0 Å². The van der Waals surface area contributed by atoms with E-state index < -0.39 is 29.8 Å². The maximum Gasteiger partial charge on any atom is 0.451 e. The summed E-state index contributed by atoms with van der Waals surface area (Å²) in [5.41, 5.74) is -0.268. The fourth-order valence-corrected chi connectivity index (χ4v) is 2.32. The van der Waals surface area contributed by atoms with E-state index in [0.29, 0.717) is 10.9 Å². The summed E-state index contributed by atoms with van der Waals surface area (Å²) in [6.07, 6.45) is -7.72. The maximum atomic E-state index is 12.7. The quantitative estimate of drug-likeness (QED) is 0.592. The van der Waals surface area contributed by atoms with Crippen LogP contribution in [-0.2, 0) is 18.9 Å². The Kier molecular flexibility index (Phi) is 6.50. The molecule has 0 bridgehead atoms. The zero-order valence-corrected chi connectivity index (χ0v) is 15.2. The number of alkyl halides is 6. The predicted octanol–water partition coefficient (Wildman–Crippen LogP) is 4.95. The van der Waals surface area contributed by atoms with Gasteiger partial charge in [-0.05, 0) is 23.8 Å². The molecule has 0 atom stereocenters. The number of carbonyl (C=O) groups excluding carboxylic acids is 1. The molecule has 0 saturated carbocycles. The van der Waals surface area contributed by atoms with E-state index in [-0.39, 0.29) is 17.6 Å². The minimum atomic E-state index is -4.71. The first-order chi connectivity index (χ1) is 13.5. The molecular weight excluding hydrogens is 402 g/mol. The minimum absolute atomic E-state index is 0.0394. The summed E-state index contributed by atoms with van der Waals surface area (Å²) >= 11 is 0. The molecule has 2 N–H and O–H groups in total. The van der Waals surface area contributed by atoms with Crippen LogP contribution < -0.4 is 5.32 Å². The molecule has 1 aromatic carbocycles. The number of fused-ring (bicyclic) bond motifs is 1. The number of hydrogen-bond donors (Lipinski definition) is 2. The van der Waals surface area contributed by atoms with Crippen molar-refractivity contribution >= 4 is 16.8 Å². The van der Waals surface area contributed by atoms with Crippen LogP contribution >= 0.6 is 0 Å². The largest absolute Gasteiger partial charge is 0.451 e. The highest BCUT2D eigenvalue weighted by Crippen LogP contribution is 2.31. The summed E-state index contributed by atoms with van der Waals surface area (Å²) in [5, 5.41) is 2.75. The van der Waals surface area contributed by atoms with Crippen molar-refractivity contribution in [2.24, 2.45) is 0 Å². The molecule has 29 heavy (non-hydrogen) atoms. The van der Waals surface area contributed by atoms with E-state index in [0.717, 1.165) is 18.5 Å². The molecule has 0 aliphatic carbocycles. The van der Waals surface area contributed by atoms with Gasteiger partial charge >= 0.3 is 12.4 Å². The number of nitrogens with zero attached hydrogens (tertiary/aromatic N) is 2. The van der Waals surface area contributed by atoms with Gasteiger partial charge in [0.1, 0.15) is 5.69 Å². The smallest absolute Gasteiger partial charge is 0.351 e. The fraction of sp³-hybridized carbons (Fsp3) is 0.278. The molecule has 0 aliphatic rings. The molecule has 0 radical (unpaired) electrons. The minimum Gasteiger partial charge on any atom is -0.351 e. The van der Waals surface area contributed by atoms with Crippen LogP contribution in [0.2, 0.25) is 0 Å². The zero-order valence-electron chi connectivity index (χ0n) is 15.2. The molecule has 11 heteroatoms. The van der Waals surface area contributed by atoms with Crippen molar-refractivity contribution in [3.8, 4) is 0 Å². The summed E-state index contributed by atoms with van der Waals surface area (Å²) in [6.45, 7) is 3.96. The zero-order chi connectivity index (χ0) is 21.8. The summed E-state index contributed by atoms with van der Waals surface area (Å²) in [6, 6.07) is 5.37. The third-order valence-corrected chi connectivity index (χ3v) is 3.61. The van der Waals surface area contributed by atoms with Crippen molar-refractivity contribution in [2.45, 2.75) is 32.7 Å². The Morgan fingerprint density at radius 3 is 2.17 bits per heavy atom. The van der Waals surface area contributed by atoms with Crippen LogP contribution in [0.4, 0.5) is 26.3 Å². The Hall–Kier alpha value is -3.11. The summed E-state index contributed by atoms with van der Waals surface area (Å²) < 4.78 is 75.3. The standard InChI is InChI=1S/C16H10F6N4O.C2H6/c17-15(18,19)12-4-9-3-8(1-2-11(9)26-12)5-23-13(27)10-6-24-14(25-7-10)16(20,21)22;1-2/h1-4,6-7,26H,5H2,(H,23,27);1-2H3. The first-order valence-corrected chi connectivity index (χ1v) is 8.40. The summed E-state index contributed by atoms with van der Waals surface area (Å²) in [7, 11) is 0. The van der Waals surface area contributed by atoms with E-state index in [2.05, 4.69) is 20.3 Å². The first-order valence-electron chi connectivity index (χ1n) is 8.40. The average Bonchev–Trinajstić information content (AvgIpc) is 3.11. The molecule has 3 aromatic rings. The number of halogens is 6. The number of aromatic amines is 1. The molecule has 0 aliphatic heterocycles. The predicted molar refractivity (Wildman–Crippen MR) is 92.9 cm³/mol. The molecule has 3 rings (SSSR count). The average molecular weight is 418 g/mol. The molecule has 0 fully saturated rings. The van der Waals surface area contributed by atoms with Crippen molar-refractivity contribution in [1.82, 2.24) is 20.3 Å². The lowest BCUT2D eigenvalue weighted by molar-refractivity contribution is -0.145. The Labute approximate surface area is 161 Å². The van der Waals surface area contributed by atoms with Gasteiger partial charge in [-0.15, -0.1) is 0 Å². The molecule has 0 unspecified atom stereocenters. The lowest BCUT2D eigenvalue weighted by atomic mass is 10.1. The second kappa shape index (κ2) is 8.50. The maximum absolute atomic E-state index is 12.7. The number of H-pyrrole nitrogens is 1. The molecular formula is C18H16F6N4O. The molecule has 156 valence electrons. The van der Waals surface area contributed by atoms with Gasteiger partial charge in [-0.3, -0.25) is 4.79 Å². The van der Waals surface area contributed by atoms with E-state index in [9.17, 15) is 31.1 Å². The lowest BCUT2D eigenvalue weighted by Crippen LogP contribution is -2.23. The molecule has 0 spiro atoms. The van der Waals surface area contributed by atoms with Gasteiger partial charge in [-0.1, -0.05) is 19.9 Å². The van der Waals surface area contributed by atoms with Crippen molar-refractivity contribution in [1.29, 1.82) is 0 Å². The highest BCUT2D eigenvalue weighted by Gasteiger charge is 2.34. The van der Waals surface area contributed by atoms with E-state index in [4.69, 9.17) is 0 Å². The van der Waals surface area contributed by atoms with Crippen LogP contribution in [0.15, 0.2) is 36.7 Å². The number of carbonyl (C=O) groups is 1. The number of amides is 1. The van der Waals surface area contributed by atoms with Crippen LogP contribution in [-0.4, -0.2) is 20.9 Å².